The van der Waals surface area contributed by atoms with Crippen LogP contribution in [0.5, 0.6) is 0 Å². The van der Waals surface area contributed by atoms with Crippen LogP contribution in [0.2, 0.25) is 0 Å². The summed E-state index contributed by atoms with van der Waals surface area (Å²) in [7, 11) is 0. The van der Waals surface area contributed by atoms with E-state index in [-0.39, 0.29) is 57.1 Å². The molecule has 0 amide bonds. The van der Waals surface area contributed by atoms with Gasteiger partial charge in [-0.25, -0.2) is 14.8 Å². The predicted molar refractivity (Wildman–Crippen MR) is 47.9 cm³/mol. The number of carboxylic acid groups (broad SMARTS) is 1. The molecule has 1 N–H and O–H groups in total. The molecule has 0 aliphatic heterocycles. The Morgan fingerprint density at radius 2 is 2.33 bits per heavy atom. The molecule has 0 fully saturated rings. The van der Waals surface area contributed by atoms with E-state index in [0.717, 1.165) is 0 Å². The van der Waals surface area contributed by atoms with Gasteiger partial charge in [0.1, 0.15) is 0 Å². The van der Waals surface area contributed by atoms with Gasteiger partial charge in [-0.2, -0.15) is 0 Å². The maximum atomic E-state index is 10.4. The number of nitrogens with zero attached hydrogens (tertiary/aromatic N) is 2. The second-order valence-electron chi connectivity index (χ2n) is 1.73. The van der Waals surface area contributed by atoms with Gasteiger partial charge in [0.25, 0.3) is 0 Å². The Morgan fingerprint density at radius 1 is 1.67 bits per heavy atom. The third-order valence-electron chi connectivity index (χ3n) is 1.04. The molecule has 0 radical (unpaired) electrons. The van der Waals surface area contributed by atoms with Crippen LogP contribution in [-0.4, -0.2) is 78.7 Å². The van der Waals surface area contributed by atoms with Gasteiger partial charge in [-0.05, 0) is 12.3 Å². The van der Waals surface area contributed by atoms with Crippen LogP contribution in [0.25, 0.3) is 0 Å². The fourth-order valence-corrected chi connectivity index (χ4v) is 0.914. The van der Waals surface area contributed by atoms with Gasteiger partial charge in [0.05, 0.1) is 0 Å². The number of hydrogen-bond acceptors (Lipinski definition) is 4. The molecule has 0 aromatic carbocycles. The van der Waals surface area contributed by atoms with Crippen molar-refractivity contribution in [2.45, 2.75) is 5.16 Å². The Morgan fingerprint density at radius 3 is 2.83 bits per heavy atom. The molecule has 0 aliphatic rings. The molecule has 0 saturated heterocycles. The molecule has 1 rings (SSSR count). The van der Waals surface area contributed by atoms with Crippen molar-refractivity contribution in [2.75, 3.05) is 6.26 Å². The van der Waals surface area contributed by atoms with Crippen LogP contribution >= 0.6 is 11.8 Å². The summed E-state index contributed by atoms with van der Waals surface area (Å²) in [6, 6.07) is 1.36. The van der Waals surface area contributed by atoms with E-state index in [4.69, 9.17) is 5.11 Å². The molecular weight excluding hydrogens is 203 g/mol. The van der Waals surface area contributed by atoms with Crippen molar-refractivity contribution in [3.63, 3.8) is 0 Å². The molecule has 6 heteroatoms. The van der Waals surface area contributed by atoms with Crippen molar-refractivity contribution in [1.82, 2.24) is 9.97 Å². The van der Waals surface area contributed by atoms with E-state index in [0.29, 0.717) is 5.16 Å². The third-order valence-corrected chi connectivity index (χ3v) is 1.60. The van der Waals surface area contributed by atoms with E-state index < -0.39 is 5.97 Å². The first-order valence-corrected chi connectivity index (χ1v) is 4.07. The molecule has 0 bridgehead atoms. The van der Waals surface area contributed by atoms with Crippen LogP contribution < -0.4 is 0 Å². The van der Waals surface area contributed by atoms with Crippen LogP contribution in [0.1, 0.15) is 10.5 Å². The van der Waals surface area contributed by atoms with Crippen LogP contribution in [0.15, 0.2) is 17.4 Å². The predicted octanol–water partition coefficient (Wildman–Crippen LogP) is 0.248. The fourth-order valence-electron chi connectivity index (χ4n) is 0.558. The van der Waals surface area contributed by atoms with Crippen molar-refractivity contribution in [3.05, 3.63) is 18.0 Å². The van der Waals surface area contributed by atoms with E-state index >= 15 is 0 Å². The van der Waals surface area contributed by atoms with Crippen molar-refractivity contribution < 1.29 is 9.90 Å². The molecule has 0 saturated carbocycles. The summed E-state index contributed by atoms with van der Waals surface area (Å²) in [5.74, 6) is -1.03. The zero-order valence-electron chi connectivity index (χ0n) is 5.81. The van der Waals surface area contributed by atoms with Gasteiger partial charge >= 0.3 is 57.4 Å². The fraction of sp³-hybridized carbons (Fsp3) is 0.167. The number of aromatic carboxylic acids is 1. The minimum atomic E-state index is -1.03. The molecule has 12 heavy (non-hydrogen) atoms. The van der Waals surface area contributed by atoms with Gasteiger partial charge in [0, 0.05) is 6.20 Å². The molecule has 0 unspecified atom stereocenters. The monoisotopic (exact) mass is 210 g/mol. The number of carboxylic acids is 1. The van der Waals surface area contributed by atoms with E-state index in [1.165, 1.54) is 24.0 Å². The van der Waals surface area contributed by atoms with Crippen molar-refractivity contribution in [2.24, 2.45) is 0 Å². The number of hydrogen-bond donors (Lipinski definition) is 1. The van der Waals surface area contributed by atoms with Gasteiger partial charge in [-0.3, -0.25) is 0 Å². The molecule has 60 valence electrons. The summed E-state index contributed by atoms with van der Waals surface area (Å²) in [5.41, 5.74) is 0.0318. The molecule has 0 atom stereocenters. The van der Waals surface area contributed by atoms with Gasteiger partial charge < -0.3 is 5.11 Å². The number of carbonyl (C=O) groups is 1. The summed E-state index contributed by atoms with van der Waals surface area (Å²) < 4.78 is 0. The number of thioether (sulfide) groups is 1. The SMILES string of the molecule is CSc1nccc(C(=O)O)n1.[KH]. The summed E-state index contributed by atoms with van der Waals surface area (Å²) in [5, 5.41) is 8.98. The molecular formula is C6H7KN2O2S. The normalized spacial score (nSPS) is 8.75. The standard InChI is InChI=1S/C6H6N2O2S.K.H/c1-11-6-7-3-2-4(8-6)5(9)10;;/h2-3H,1H3,(H,9,10);;. The van der Waals surface area contributed by atoms with E-state index in [2.05, 4.69) is 9.97 Å². The van der Waals surface area contributed by atoms with Gasteiger partial charge in [0.15, 0.2) is 10.9 Å². The average molecular weight is 210 g/mol. The number of rotatable bonds is 2. The van der Waals surface area contributed by atoms with Crippen LogP contribution in [0, 0.1) is 0 Å². The maximum absolute atomic E-state index is 10.4. The average Bonchev–Trinajstić information content (AvgIpc) is 2.05. The quantitative estimate of drug-likeness (QED) is 0.430. The molecule has 1 aromatic rings. The zero-order valence-corrected chi connectivity index (χ0v) is 6.63. The van der Waals surface area contributed by atoms with Gasteiger partial charge in [-0.1, -0.05) is 11.8 Å². The molecule has 1 heterocycles. The minimum absolute atomic E-state index is 0. The van der Waals surface area contributed by atoms with Crippen LogP contribution in [0.4, 0.5) is 0 Å². The number of aromatic nitrogens is 2. The Labute approximate surface area is 117 Å². The van der Waals surface area contributed by atoms with Crippen LogP contribution in [0.3, 0.4) is 0 Å². The van der Waals surface area contributed by atoms with E-state index in [9.17, 15) is 4.79 Å². The van der Waals surface area contributed by atoms with Crippen LogP contribution in [-0.2, 0) is 0 Å². The Balaban J connectivity index is 0.00000121. The molecule has 0 spiro atoms. The Kier molecular flexibility index (Phi) is 6.33. The first kappa shape index (κ1) is 12.5. The summed E-state index contributed by atoms with van der Waals surface area (Å²) in [6.45, 7) is 0. The molecule has 1 aromatic heterocycles. The summed E-state index contributed by atoms with van der Waals surface area (Å²) in [6.07, 6.45) is 3.23. The van der Waals surface area contributed by atoms with Gasteiger partial charge in [-0.15, -0.1) is 0 Å². The topological polar surface area (TPSA) is 63.1 Å². The first-order chi connectivity index (χ1) is 5.24. The zero-order chi connectivity index (χ0) is 8.27. The van der Waals surface area contributed by atoms with E-state index in [1.807, 2.05) is 0 Å². The molecule has 4 nitrogen and oxygen atoms in total. The second kappa shape index (κ2) is 6.06. The Bertz CT molecular complexity index is 282. The third kappa shape index (κ3) is 3.50. The van der Waals surface area contributed by atoms with E-state index in [1.54, 1.807) is 6.26 Å². The van der Waals surface area contributed by atoms with Crippen molar-refractivity contribution >= 4 is 69.1 Å². The second-order valence-corrected chi connectivity index (χ2v) is 2.51. The first-order valence-electron chi connectivity index (χ1n) is 2.84. The molecule has 0 aliphatic carbocycles. The summed E-state index contributed by atoms with van der Waals surface area (Å²) in [4.78, 5) is 17.9. The summed E-state index contributed by atoms with van der Waals surface area (Å²) >= 11 is 1.31. The van der Waals surface area contributed by atoms with Crippen molar-refractivity contribution in [3.8, 4) is 0 Å². The van der Waals surface area contributed by atoms with Crippen molar-refractivity contribution in [1.29, 1.82) is 0 Å². The Hall–Kier alpha value is 0.536. The van der Waals surface area contributed by atoms with Gasteiger partial charge in [0.2, 0.25) is 0 Å².